The molecule has 0 saturated carbocycles. The number of oxime groups is 1. The van der Waals surface area contributed by atoms with Gasteiger partial charge in [-0.25, -0.2) is 9.69 Å². The average Bonchev–Trinajstić information content (AvgIpc) is 3.33. The summed E-state index contributed by atoms with van der Waals surface area (Å²) in [7, 11) is 1.11. The fraction of sp³-hybridized carbons (Fsp3) is 0.222. The maximum atomic E-state index is 14.3. The Morgan fingerprint density at radius 3 is 2.49 bits per heavy atom. The number of nitrogens with zero attached hydrogens (tertiary/aromatic N) is 2. The van der Waals surface area contributed by atoms with E-state index in [0.717, 1.165) is 24.1 Å². The summed E-state index contributed by atoms with van der Waals surface area (Å²) in [4.78, 5) is 31.3. The summed E-state index contributed by atoms with van der Waals surface area (Å²) in [6, 6.07) is 7.79. The van der Waals surface area contributed by atoms with E-state index in [0.29, 0.717) is 5.56 Å². The number of imide groups is 1. The molecule has 2 aromatic rings. The molecule has 0 spiro atoms. The number of benzene rings is 2. The molecule has 0 radical (unpaired) electrons. The third-order valence-corrected chi connectivity index (χ3v) is 6.22. The Bertz CT molecular complexity index is 1410. The molecule has 39 heavy (non-hydrogen) atoms. The highest BCUT2D eigenvalue weighted by molar-refractivity contribution is 6.34. The van der Waals surface area contributed by atoms with E-state index < -0.39 is 30.2 Å². The van der Waals surface area contributed by atoms with Crippen LogP contribution in [-0.4, -0.2) is 42.4 Å². The molecule has 2 N–H and O–H groups in total. The highest BCUT2D eigenvalue weighted by atomic mass is 35.5. The number of alkyl halides is 3. The Hall–Kier alpha value is -3.94. The third kappa shape index (κ3) is 6.38. The van der Waals surface area contributed by atoms with E-state index >= 15 is 0 Å². The summed E-state index contributed by atoms with van der Waals surface area (Å²) >= 11 is 11.9. The highest BCUT2D eigenvalue weighted by Crippen LogP contribution is 2.49. The van der Waals surface area contributed by atoms with Crippen LogP contribution in [0.5, 0.6) is 0 Å². The van der Waals surface area contributed by atoms with Crippen LogP contribution >= 0.6 is 23.2 Å². The van der Waals surface area contributed by atoms with E-state index in [-0.39, 0.29) is 44.7 Å². The SMILES string of the molecule is C#C/C=C\C=C(/N)CN(C(=O)OC)C(=O)c1ccc(C2=NOC(c3cc(Cl)cc(Cl)c3)(C(F)(F)F)C2)cc1C. The van der Waals surface area contributed by atoms with E-state index in [4.69, 9.17) is 44.9 Å². The van der Waals surface area contributed by atoms with E-state index in [1.165, 1.54) is 42.5 Å². The van der Waals surface area contributed by atoms with E-state index in [9.17, 15) is 22.8 Å². The largest absolute Gasteiger partial charge is 0.452 e. The number of terminal acetylenes is 1. The number of allylic oxidation sites excluding steroid dienone is 3. The van der Waals surface area contributed by atoms with Crippen LogP contribution in [0.15, 0.2) is 65.5 Å². The lowest BCUT2D eigenvalue weighted by Gasteiger charge is -2.29. The lowest BCUT2D eigenvalue weighted by Crippen LogP contribution is -2.42. The Labute approximate surface area is 232 Å². The number of hydrogen-bond acceptors (Lipinski definition) is 6. The molecule has 3 rings (SSSR count). The summed E-state index contributed by atoms with van der Waals surface area (Å²) in [6.07, 6.45) is 2.93. The lowest BCUT2D eigenvalue weighted by molar-refractivity contribution is -0.275. The molecule has 1 aliphatic heterocycles. The molecular weight excluding hydrogens is 558 g/mol. The van der Waals surface area contributed by atoms with Crippen molar-refractivity contribution in [1.82, 2.24) is 4.90 Å². The van der Waals surface area contributed by atoms with Crippen molar-refractivity contribution in [2.24, 2.45) is 10.9 Å². The van der Waals surface area contributed by atoms with Gasteiger partial charge in [-0.1, -0.05) is 46.4 Å². The molecule has 0 saturated heterocycles. The van der Waals surface area contributed by atoms with Gasteiger partial charge in [0.1, 0.15) is 0 Å². The number of carbonyl (C=O) groups is 2. The lowest BCUT2D eigenvalue weighted by atomic mass is 9.86. The Kier molecular flexibility index (Phi) is 8.99. The summed E-state index contributed by atoms with van der Waals surface area (Å²) in [6.45, 7) is 1.27. The quantitative estimate of drug-likeness (QED) is 0.328. The number of hydrogen-bond donors (Lipinski definition) is 1. The molecule has 1 atom stereocenters. The topological polar surface area (TPSA) is 94.2 Å². The van der Waals surface area contributed by atoms with Gasteiger partial charge >= 0.3 is 12.3 Å². The van der Waals surface area contributed by atoms with E-state index in [1.807, 2.05) is 0 Å². The van der Waals surface area contributed by atoms with Crippen molar-refractivity contribution in [3.63, 3.8) is 0 Å². The first kappa shape index (κ1) is 29.6. The van der Waals surface area contributed by atoms with Crippen LogP contribution in [0.2, 0.25) is 10.0 Å². The van der Waals surface area contributed by atoms with Gasteiger partial charge in [-0.05, 0) is 60.5 Å². The fourth-order valence-electron chi connectivity index (χ4n) is 3.87. The minimum absolute atomic E-state index is 0.00888. The van der Waals surface area contributed by atoms with Crippen LogP contribution in [0.1, 0.15) is 33.5 Å². The number of aryl methyl sites for hydroxylation is 1. The van der Waals surface area contributed by atoms with Crippen LogP contribution in [0.4, 0.5) is 18.0 Å². The first-order valence-electron chi connectivity index (χ1n) is 11.2. The van der Waals surface area contributed by atoms with Crippen LogP contribution in [-0.2, 0) is 15.2 Å². The second kappa shape index (κ2) is 11.8. The van der Waals surface area contributed by atoms with Gasteiger partial charge in [0.25, 0.3) is 11.5 Å². The number of amides is 2. The average molecular weight is 580 g/mol. The molecule has 2 aromatic carbocycles. The number of halogens is 5. The van der Waals surface area contributed by atoms with Gasteiger partial charge in [-0.15, -0.1) is 6.42 Å². The number of carbonyl (C=O) groups excluding carboxylic acids is 2. The standard InChI is InChI=1S/C27H22Cl2F3N3O4/c1-4-5-6-7-21(33)15-35(25(37)38-3)24(36)22-9-8-17(10-16(22)2)23-14-26(39-34-23,27(30,31)32)18-11-19(28)13-20(29)12-18/h1,5-13H,14-15,33H2,2-3H3/b6-5-,21-7-. The molecule has 1 aliphatic rings. The third-order valence-electron chi connectivity index (χ3n) is 5.79. The monoisotopic (exact) mass is 579 g/mol. The molecule has 7 nitrogen and oxygen atoms in total. The van der Waals surface area contributed by atoms with Crippen LogP contribution in [0.25, 0.3) is 0 Å². The fourth-order valence-corrected chi connectivity index (χ4v) is 4.39. The molecule has 2 amide bonds. The van der Waals surface area contributed by atoms with Crippen molar-refractivity contribution in [1.29, 1.82) is 0 Å². The number of methoxy groups -OCH3 is 1. The molecule has 0 aliphatic carbocycles. The van der Waals surface area contributed by atoms with Gasteiger partial charge in [0.2, 0.25) is 0 Å². The molecule has 0 fully saturated rings. The van der Waals surface area contributed by atoms with Crippen molar-refractivity contribution < 1.29 is 32.3 Å². The molecule has 1 heterocycles. The van der Waals surface area contributed by atoms with Gasteiger partial charge in [0.05, 0.1) is 19.4 Å². The van der Waals surface area contributed by atoms with E-state index in [1.54, 1.807) is 6.92 Å². The Balaban J connectivity index is 1.91. The van der Waals surface area contributed by atoms with Gasteiger partial charge in [-0.2, -0.15) is 13.2 Å². The van der Waals surface area contributed by atoms with Crippen molar-refractivity contribution >= 4 is 40.9 Å². The second-order valence-corrected chi connectivity index (χ2v) is 9.32. The predicted octanol–water partition coefficient (Wildman–Crippen LogP) is 6.12. The normalized spacial score (nSPS) is 17.4. The molecule has 204 valence electrons. The van der Waals surface area contributed by atoms with Crippen molar-refractivity contribution in [3.05, 3.63) is 92.6 Å². The number of rotatable bonds is 6. The maximum absolute atomic E-state index is 14.3. The van der Waals surface area contributed by atoms with Crippen LogP contribution in [0.3, 0.4) is 0 Å². The zero-order valence-electron chi connectivity index (χ0n) is 20.7. The van der Waals surface area contributed by atoms with Crippen molar-refractivity contribution in [3.8, 4) is 12.3 Å². The number of ether oxygens (including phenoxy) is 1. The van der Waals surface area contributed by atoms with Crippen molar-refractivity contribution in [2.75, 3.05) is 13.7 Å². The zero-order chi connectivity index (χ0) is 29.0. The summed E-state index contributed by atoms with van der Waals surface area (Å²) < 4.78 is 47.6. The van der Waals surface area contributed by atoms with E-state index in [2.05, 4.69) is 11.1 Å². The highest BCUT2D eigenvalue weighted by Gasteiger charge is 2.62. The Morgan fingerprint density at radius 2 is 1.92 bits per heavy atom. The second-order valence-electron chi connectivity index (χ2n) is 8.45. The molecule has 1 unspecified atom stereocenters. The molecule has 0 aromatic heterocycles. The summed E-state index contributed by atoms with van der Waals surface area (Å²) in [5.41, 5.74) is 3.67. The van der Waals surface area contributed by atoms with Gasteiger partial charge < -0.3 is 15.3 Å². The predicted molar refractivity (Wildman–Crippen MR) is 141 cm³/mol. The zero-order valence-corrected chi connectivity index (χ0v) is 22.2. The number of nitrogens with two attached hydrogens (primary N) is 1. The van der Waals surface area contributed by atoms with Gasteiger partial charge in [-0.3, -0.25) is 4.79 Å². The Morgan fingerprint density at radius 1 is 1.26 bits per heavy atom. The molecule has 12 heteroatoms. The molecule has 0 bridgehead atoms. The van der Waals surface area contributed by atoms with Crippen LogP contribution in [0, 0.1) is 19.3 Å². The smallest absolute Gasteiger partial charge is 0.435 e. The maximum Gasteiger partial charge on any atom is 0.435 e. The first-order valence-corrected chi connectivity index (χ1v) is 11.9. The van der Waals surface area contributed by atoms with Gasteiger partial charge in [0.15, 0.2) is 0 Å². The summed E-state index contributed by atoms with van der Waals surface area (Å²) in [5.74, 6) is 1.55. The molecular formula is C27H22Cl2F3N3O4. The minimum atomic E-state index is -4.86. The van der Waals surface area contributed by atoms with Gasteiger partial charge in [0, 0.05) is 33.3 Å². The first-order chi connectivity index (χ1) is 18.3. The minimum Gasteiger partial charge on any atom is -0.452 e. The summed E-state index contributed by atoms with van der Waals surface area (Å²) in [5, 5.41) is 3.74. The van der Waals surface area contributed by atoms with Crippen LogP contribution < -0.4 is 5.73 Å². The van der Waals surface area contributed by atoms with Crippen molar-refractivity contribution in [2.45, 2.75) is 25.1 Å².